The average molecular weight is 431 g/mol. The summed E-state index contributed by atoms with van der Waals surface area (Å²) in [5.74, 6) is -1.37. The third-order valence-electron chi connectivity index (χ3n) is 4.67. The molecule has 10 heteroatoms. The maximum atomic E-state index is 13.1. The summed E-state index contributed by atoms with van der Waals surface area (Å²) in [4.78, 5) is 12.5. The van der Waals surface area contributed by atoms with Crippen molar-refractivity contribution in [1.82, 2.24) is 9.46 Å². The van der Waals surface area contributed by atoms with Gasteiger partial charge in [0.2, 0.25) is 10.0 Å². The van der Waals surface area contributed by atoms with E-state index in [0.717, 1.165) is 6.07 Å². The second-order valence-electron chi connectivity index (χ2n) is 6.70. The first-order chi connectivity index (χ1) is 13.2. The van der Waals surface area contributed by atoms with Crippen LogP contribution in [-0.4, -0.2) is 36.9 Å². The van der Waals surface area contributed by atoms with Crippen LogP contribution >= 0.6 is 11.6 Å². The van der Waals surface area contributed by atoms with Gasteiger partial charge in [0.25, 0.3) is 0 Å². The molecule has 1 aliphatic rings. The van der Waals surface area contributed by atoms with Crippen LogP contribution in [0.25, 0.3) is 0 Å². The van der Waals surface area contributed by atoms with Gasteiger partial charge in [-0.05, 0) is 38.8 Å². The van der Waals surface area contributed by atoms with Gasteiger partial charge in [0, 0.05) is 18.7 Å². The van der Waals surface area contributed by atoms with Gasteiger partial charge in [-0.15, -0.1) is 0 Å². The van der Waals surface area contributed by atoms with E-state index in [0.29, 0.717) is 24.9 Å². The first kappa shape index (κ1) is 20.8. The predicted octanol–water partition coefficient (Wildman–Crippen LogP) is 3.23. The minimum Gasteiger partial charge on any atom is -0.461 e. The van der Waals surface area contributed by atoms with Crippen molar-refractivity contribution < 1.29 is 26.9 Å². The zero-order valence-electron chi connectivity index (χ0n) is 15.4. The Hall–Kier alpha value is -1.97. The molecular weight excluding hydrogens is 411 g/mol. The van der Waals surface area contributed by atoms with E-state index in [-0.39, 0.29) is 34.5 Å². The SMILES string of the molecule is Cc1noc(C)c1S(=O)(=O)N1CCCC(C(=O)OCc2ccc(F)cc2Cl)C1. The Morgan fingerprint density at radius 1 is 1.43 bits per heavy atom. The van der Waals surface area contributed by atoms with Crippen molar-refractivity contribution in [2.75, 3.05) is 13.1 Å². The van der Waals surface area contributed by atoms with Gasteiger partial charge in [0.15, 0.2) is 5.76 Å². The molecule has 28 heavy (non-hydrogen) atoms. The van der Waals surface area contributed by atoms with Crippen LogP contribution in [0.15, 0.2) is 27.6 Å². The molecule has 1 saturated heterocycles. The molecule has 152 valence electrons. The van der Waals surface area contributed by atoms with Crippen molar-refractivity contribution in [3.63, 3.8) is 0 Å². The number of ether oxygens (including phenoxy) is 1. The highest BCUT2D eigenvalue weighted by Gasteiger charge is 2.37. The van der Waals surface area contributed by atoms with Crippen molar-refractivity contribution in [3.8, 4) is 0 Å². The predicted molar refractivity (Wildman–Crippen MR) is 98.7 cm³/mol. The van der Waals surface area contributed by atoms with E-state index in [9.17, 15) is 17.6 Å². The summed E-state index contributed by atoms with van der Waals surface area (Å²) in [6.07, 6.45) is 1.04. The van der Waals surface area contributed by atoms with Crippen molar-refractivity contribution in [2.24, 2.45) is 5.92 Å². The Morgan fingerprint density at radius 3 is 2.82 bits per heavy atom. The summed E-state index contributed by atoms with van der Waals surface area (Å²) in [5.41, 5.74) is 0.764. The highest BCUT2D eigenvalue weighted by atomic mass is 35.5. The maximum absolute atomic E-state index is 13.1. The van der Waals surface area contributed by atoms with E-state index in [1.807, 2.05) is 0 Å². The molecule has 0 saturated carbocycles. The zero-order chi connectivity index (χ0) is 20.5. The molecule has 2 heterocycles. The summed E-state index contributed by atoms with van der Waals surface area (Å²) >= 11 is 5.93. The molecule has 1 fully saturated rings. The standard InChI is InChI=1S/C18H20ClFN2O5S/c1-11-17(12(2)27-21-11)28(24,25)22-7-3-4-13(9-22)18(23)26-10-14-5-6-15(20)8-16(14)19/h5-6,8,13H,3-4,7,9-10H2,1-2H3. The lowest BCUT2D eigenvalue weighted by molar-refractivity contribution is -0.151. The summed E-state index contributed by atoms with van der Waals surface area (Å²) in [7, 11) is -3.82. The molecular formula is C18H20ClFN2O5S. The third kappa shape index (κ3) is 4.21. The first-order valence-corrected chi connectivity index (χ1v) is 10.6. The molecule has 0 N–H and O–H groups in total. The van der Waals surface area contributed by atoms with Gasteiger partial charge in [0.1, 0.15) is 23.0 Å². The van der Waals surface area contributed by atoms with Crippen molar-refractivity contribution >= 4 is 27.6 Å². The number of aromatic nitrogens is 1. The number of nitrogens with zero attached hydrogens (tertiary/aromatic N) is 2. The van der Waals surface area contributed by atoms with Crippen molar-refractivity contribution in [2.45, 2.75) is 38.2 Å². The van der Waals surface area contributed by atoms with Crippen molar-refractivity contribution in [1.29, 1.82) is 0 Å². The Morgan fingerprint density at radius 2 is 2.18 bits per heavy atom. The van der Waals surface area contributed by atoms with Gasteiger partial charge in [0.05, 0.1) is 10.9 Å². The molecule has 0 bridgehead atoms. The number of halogens is 2. The maximum Gasteiger partial charge on any atom is 0.310 e. The van der Waals surface area contributed by atoms with Crippen LogP contribution in [0.5, 0.6) is 0 Å². The highest BCUT2D eigenvalue weighted by molar-refractivity contribution is 7.89. The monoisotopic (exact) mass is 430 g/mol. The number of aryl methyl sites for hydroxylation is 2. The minimum absolute atomic E-state index is 0.0162. The fourth-order valence-corrected chi connectivity index (χ4v) is 5.27. The third-order valence-corrected chi connectivity index (χ3v) is 7.13. The quantitative estimate of drug-likeness (QED) is 0.676. The van der Waals surface area contributed by atoms with Gasteiger partial charge in [-0.2, -0.15) is 4.31 Å². The molecule has 1 atom stereocenters. The number of esters is 1. The Balaban J connectivity index is 1.68. The number of carbonyl (C=O) groups excluding carboxylic acids is 1. The molecule has 3 rings (SSSR count). The number of piperidine rings is 1. The van der Waals surface area contributed by atoms with Gasteiger partial charge >= 0.3 is 5.97 Å². The Bertz CT molecular complexity index is 972. The largest absolute Gasteiger partial charge is 0.461 e. The van der Waals surface area contributed by atoms with E-state index in [1.165, 1.54) is 23.4 Å². The normalized spacial score (nSPS) is 18.2. The zero-order valence-corrected chi connectivity index (χ0v) is 17.0. The van der Waals surface area contributed by atoms with Crippen LogP contribution in [0.2, 0.25) is 5.02 Å². The molecule has 1 aromatic heterocycles. The van der Waals surface area contributed by atoms with E-state index < -0.39 is 27.7 Å². The topological polar surface area (TPSA) is 89.7 Å². The summed E-state index contributed by atoms with van der Waals surface area (Å²) in [5, 5.41) is 3.86. The number of rotatable bonds is 5. The van der Waals surface area contributed by atoms with Crippen LogP contribution in [0, 0.1) is 25.6 Å². The van der Waals surface area contributed by atoms with Gasteiger partial charge < -0.3 is 9.26 Å². The average Bonchev–Trinajstić information content (AvgIpc) is 3.00. The van der Waals surface area contributed by atoms with Crippen LogP contribution in [0.1, 0.15) is 29.9 Å². The number of hydrogen-bond acceptors (Lipinski definition) is 6. The lowest BCUT2D eigenvalue weighted by Crippen LogP contribution is -2.43. The number of sulfonamides is 1. The lowest BCUT2D eigenvalue weighted by atomic mass is 10.00. The van der Waals surface area contributed by atoms with Crippen molar-refractivity contribution in [3.05, 3.63) is 46.1 Å². The second-order valence-corrected chi connectivity index (χ2v) is 8.98. The Kier molecular flexibility index (Phi) is 6.07. The first-order valence-electron chi connectivity index (χ1n) is 8.73. The smallest absolute Gasteiger partial charge is 0.310 e. The van der Waals surface area contributed by atoms with E-state index in [4.69, 9.17) is 20.9 Å². The van der Waals surface area contributed by atoms with Gasteiger partial charge in [-0.3, -0.25) is 4.79 Å². The molecule has 0 spiro atoms. The lowest BCUT2D eigenvalue weighted by Gasteiger charge is -2.30. The molecule has 0 radical (unpaired) electrons. The molecule has 7 nitrogen and oxygen atoms in total. The highest BCUT2D eigenvalue weighted by Crippen LogP contribution is 2.28. The summed E-state index contributed by atoms with van der Waals surface area (Å²) in [6.45, 7) is 3.31. The molecule has 0 aliphatic carbocycles. The van der Waals surface area contributed by atoms with Crippen LogP contribution in [-0.2, 0) is 26.2 Å². The fraction of sp³-hybridized carbons (Fsp3) is 0.444. The number of carbonyl (C=O) groups is 1. The van der Waals surface area contributed by atoms with E-state index in [1.54, 1.807) is 6.92 Å². The van der Waals surface area contributed by atoms with Crippen LogP contribution in [0.4, 0.5) is 4.39 Å². The second kappa shape index (κ2) is 8.18. The summed E-state index contributed by atoms with van der Waals surface area (Å²) in [6, 6.07) is 3.82. The minimum atomic E-state index is -3.82. The van der Waals surface area contributed by atoms with Crippen LogP contribution < -0.4 is 0 Å². The molecule has 1 unspecified atom stereocenters. The van der Waals surface area contributed by atoms with E-state index >= 15 is 0 Å². The number of hydrogen-bond donors (Lipinski definition) is 0. The van der Waals surface area contributed by atoms with Gasteiger partial charge in [-0.25, -0.2) is 12.8 Å². The Labute approximate surface area is 167 Å². The molecule has 1 aliphatic heterocycles. The molecule has 2 aromatic rings. The van der Waals surface area contributed by atoms with Crippen LogP contribution in [0.3, 0.4) is 0 Å². The number of benzene rings is 1. The molecule has 0 amide bonds. The molecule has 1 aromatic carbocycles. The van der Waals surface area contributed by atoms with Gasteiger partial charge in [-0.1, -0.05) is 22.8 Å². The van der Waals surface area contributed by atoms with E-state index in [2.05, 4.69) is 5.16 Å². The summed E-state index contributed by atoms with van der Waals surface area (Å²) < 4.78 is 50.5. The fourth-order valence-electron chi connectivity index (χ4n) is 3.23.